The summed E-state index contributed by atoms with van der Waals surface area (Å²) < 4.78 is 0. The first kappa shape index (κ1) is 6.63. The Balaban J connectivity index is 3.17. The van der Waals surface area contributed by atoms with Gasteiger partial charge in [-0.15, -0.1) is 11.6 Å². The van der Waals surface area contributed by atoms with E-state index in [1.807, 2.05) is 0 Å². The van der Waals surface area contributed by atoms with Gasteiger partial charge in [-0.3, -0.25) is 0 Å². The number of carbonyl (C=O) groups excluding carboxylic acids is 1. The van der Waals surface area contributed by atoms with Crippen LogP contribution < -0.4 is 0 Å². The van der Waals surface area contributed by atoms with Crippen LogP contribution in [0.2, 0.25) is 0 Å². The predicted molar refractivity (Wildman–Crippen MR) is 29.1 cm³/mol. The zero-order valence-corrected chi connectivity index (χ0v) is 4.53. The molecule has 2 nitrogen and oxygen atoms in total. The lowest BCUT2D eigenvalue weighted by Gasteiger charge is -1.84. The third kappa shape index (κ3) is 3.46. The van der Waals surface area contributed by atoms with Gasteiger partial charge in [-0.2, -0.15) is 0 Å². The van der Waals surface area contributed by atoms with E-state index in [9.17, 15) is 4.79 Å². The van der Waals surface area contributed by atoms with Gasteiger partial charge in [-0.25, -0.2) is 0 Å². The van der Waals surface area contributed by atoms with Crippen molar-refractivity contribution in [3.63, 3.8) is 0 Å². The molecule has 3 heteroatoms. The van der Waals surface area contributed by atoms with Crippen molar-refractivity contribution in [1.29, 1.82) is 5.41 Å². The molecule has 0 amide bonds. The van der Waals surface area contributed by atoms with Crippen molar-refractivity contribution in [1.82, 2.24) is 0 Å². The number of hydrogen-bond acceptors (Lipinski definition) is 2. The van der Waals surface area contributed by atoms with Crippen molar-refractivity contribution >= 4 is 23.6 Å². The average Bonchev–Trinajstić information content (AvgIpc) is 1.68. The number of alkyl halides is 1. The minimum Gasteiger partial charge on any atom is -0.308 e. The molecule has 0 fully saturated rings. The van der Waals surface area contributed by atoms with Gasteiger partial charge >= 0.3 is 0 Å². The summed E-state index contributed by atoms with van der Waals surface area (Å²) in [5.41, 5.74) is 0.275. The molecule has 0 aliphatic carbocycles. The Morgan fingerprint density at radius 1 is 1.86 bits per heavy atom. The molecule has 0 spiro atoms. The Bertz CT molecular complexity index is 81.8. The molecule has 0 heterocycles. The van der Waals surface area contributed by atoms with Crippen LogP contribution in [0.5, 0.6) is 0 Å². The van der Waals surface area contributed by atoms with Crippen LogP contribution in [0.4, 0.5) is 0 Å². The third-order valence-electron chi connectivity index (χ3n) is 0.491. The number of halogens is 1. The standard InChI is InChI=1S/C4H6ClNO/c5-3-4(6)1-2-7/h2,6H,1,3H2. The van der Waals surface area contributed by atoms with E-state index in [2.05, 4.69) is 0 Å². The highest BCUT2D eigenvalue weighted by Crippen LogP contribution is 1.81. The summed E-state index contributed by atoms with van der Waals surface area (Å²) >= 11 is 5.15. The second-order valence-corrected chi connectivity index (χ2v) is 1.38. The van der Waals surface area contributed by atoms with Crippen molar-refractivity contribution in [2.45, 2.75) is 6.42 Å². The first-order valence-corrected chi connectivity index (χ1v) is 2.40. The number of rotatable bonds is 3. The van der Waals surface area contributed by atoms with E-state index in [-0.39, 0.29) is 18.0 Å². The van der Waals surface area contributed by atoms with Gasteiger partial charge in [0.25, 0.3) is 0 Å². The summed E-state index contributed by atoms with van der Waals surface area (Å²) in [5.74, 6) is 0.165. The quantitative estimate of drug-likeness (QED) is 0.334. The highest BCUT2D eigenvalue weighted by Gasteiger charge is 1.88. The van der Waals surface area contributed by atoms with Gasteiger partial charge in [-0.05, 0) is 0 Å². The van der Waals surface area contributed by atoms with E-state index in [1.165, 1.54) is 0 Å². The number of hydrogen-bond donors (Lipinski definition) is 1. The lowest BCUT2D eigenvalue weighted by Crippen LogP contribution is -1.96. The molecule has 0 rings (SSSR count). The normalized spacial score (nSPS) is 8.14. The zero-order chi connectivity index (χ0) is 5.70. The fourth-order valence-electron chi connectivity index (χ4n) is 0.155. The van der Waals surface area contributed by atoms with Crippen LogP contribution >= 0.6 is 11.6 Å². The van der Waals surface area contributed by atoms with E-state index in [0.717, 1.165) is 0 Å². The molecule has 0 saturated carbocycles. The number of aldehydes is 1. The van der Waals surface area contributed by atoms with Gasteiger partial charge in [0.1, 0.15) is 6.29 Å². The molecule has 0 aromatic heterocycles. The fraction of sp³-hybridized carbons (Fsp3) is 0.500. The maximum Gasteiger partial charge on any atom is 0.125 e. The van der Waals surface area contributed by atoms with Gasteiger partial charge in [-0.1, -0.05) is 0 Å². The van der Waals surface area contributed by atoms with Crippen LogP contribution in [-0.2, 0) is 4.79 Å². The summed E-state index contributed by atoms with van der Waals surface area (Å²) in [7, 11) is 0. The molecule has 0 aliphatic heterocycles. The molecule has 0 atom stereocenters. The SMILES string of the molecule is N=C(CCl)CC=O. The number of carbonyl (C=O) groups is 1. The second-order valence-electron chi connectivity index (χ2n) is 1.11. The highest BCUT2D eigenvalue weighted by atomic mass is 35.5. The summed E-state index contributed by atoms with van der Waals surface area (Å²) in [6.45, 7) is 0. The van der Waals surface area contributed by atoms with Crippen molar-refractivity contribution in [3.8, 4) is 0 Å². The summed E-state index contributed by atoms with van der Waals surface area (Å²) in [4.78, 5) is 9.57. The van der Waals surface area contributed by atoms with E-state index >= 15 is 0 Å². The van der Waals surface area contributed by atoms with E-state index < -0.39 is 0 Å². The van der Waals surface area contributed by atoms with E-state index in [1.54, 1.807) is 0 Å². The molecule has 0 radical (unpaired) electrons. The third-order valence-corrected chi connectivity index (χ3v) is 0.814. The molecule has 0 aromatic carbocycles. The molecule has 0 unspecified atom stereocenters. The van der Waals surface area contributed by atoms with E-state index in [0.29, 0.717) is 6.29 Å². The van der Waals surface area contributed by atoms with Gasteiger partial charge in [0.15, 0.2) is 0 Å². The van der Waals surface area contributed by atoms with Crippen LogP contribution in [0.1, 0.15) is 6.42 Å². The second kappa shape index (κ2) is 3.81. The fourth-order valence-corrected chi connectivity index (χ4v) is 0.264. The largest absolute Gasteiger partial charge is 0.308 e. The molecule has 0 aromatic rings. The molecule has 40 valence electrons. The zero-order valence-electron chi connectivity index (χ0n) is 3.78. The van der Waals surface area contributed by atoms with Crippen LogP contribution in [0, 0.1) is 5.41 Å². The van der Waals surface area contributed by atoms with Gasteiger partial charge in [0.2, 0.25) is 0 Å². The van der Waals surface area contributed by atoms with Crippen molar-refractivity contribution in [3.05, 3.63) is 0 Å². The molecule has 1 N–H and O–H groups in total. The molecule has 0 aliphatic rings. The van der Waals surface area contributed by atoms with Crippen molar-refractivity contribution in [2.75, 3.05) is 5.88 Å². The molecule has 0 bridgehead atoms. The Labute approximate surface area is 47.0 Å². The minimum absolute atomic E-state index is 0.165. The van der Waals surface area contributed by atoms with Gasteiger partial charge in [0, 0.05) is 12.1 Å². The lowest BCUT2D eigenvalue weighted by atomic mass is 10.3. The minimum atomic E-state index is 0.165. The van der Waals surface area contributed by atoms with Crippen molar-refractivity contribution < 1.29 is 4.79 Å². The topological polar surface area (TPSA) is 40.9 Å². The van der Waals surface area contributed by atoms with Crippen molar-refractivity contribution in [2.24, 2.45) is 0 Å². The Morgan fingerprint density at radius 3 is 2.57 bits per heavy atom. The summed E-state index contributed by atoms with van der Waals surface area (Å²) in [6.07, 6.45) is 0.841. The summed E-state index contributed by atoms with van der Waals surface area (Å²) in [5, 5.41) is 6.77. The first-order chi connectivity index (χ1) is 3.31. The maximum absolute atomic E-state index is 9.57. The summed E-state index contributed by atoms with van der Waals surface area (Å²) in [6, 6.07) is 0. The average molecular weight is 120 g/mol. The van der Waals surface area contributed by atoms with Gasteiger partial charge in [0.05, 0.1) is 5.88 Å². The van der Waals surface area contributed by atoms with Crippen LogP contribution in [0.25, 0.3) is 0 Å². The molecular formula is C4H6ClNO. The molecule has 7 heavy (non-hydrogen) atoms. The number of nitrogens with one attached hydrogen (secondary N) is 1. The highest BCUT2D eigenvalue weighted by molar-refractivity contribution is 6.29. The lowest BCUT2D eigenvalue weighted by molar-refractivity contribution is -0.106. The monoisotopic (exact) mass is 119 g/mol. The smallest absolute Gasteiger partial charge is 0.125 e. The van der Waals surface area contributed by atoms with Gasteiger partial charge < -0.3 is 10.2 Å². The first-order valence-electron chi connectivity index (χ1n) is 1.87. The van der Waals surface area contributed by atoms with Crippen LogP contribution in [-0.4, -0.2) is 17.9 Å². The Hall–Kier alpha value is -0.370. The van der Waals surface area contributed by atoms with Crippen LogP contribution in [0.15, 0.2) is 0 Å². The van der Waals surface area contributed by atoms with E-state index in [4.69, 9.17) is 17.0 Å². The van der Waals surface area contributed by atoms with Crippen LogP contribution in [0.3, 0.4) is 0 Å². The maximum atomic E-state index is 9.57. The molecular weight excluding hydrogens is 114 g/mol. The Kier molecular flexibility index (Phi) is 3.61. The molecule has 0 saturated heterocycles. The Morgan fingerprint density at radius 2 is 2.43 bits per heavy atom. The predicted octanol–water partition coefficient (Wildman–Crippen LogP) is 0.834.